The lowest BCUT2D eigenvalue weighted by Crippen LogP contribution is -2.16. The number of methoxy groups -OCH3 is 1. The first-order valence-corrected chi connectivity index (χ1v) is 8.20. The SMILES string of the molecule is CCOc1ccc(CNCCCS(C)=O)cc1OC. The molecule has 0 bridgehead atoms. The van der Waals surface area contributed by atoms with E-state index >= 15 is 0 Å². The third-order valence-electron chi connectivity index (χ3n) is 2.64. The molecule has 1 rings (SSSR count). The van der Waals surface area contributed by atoms with Crippen LogP contribution in [0.15, 0.2) is 18.2 Å². The van der Waals surface area contributed by atoms with Crippen LogP contribution in [0.5, 0.6) is 11.5 Å². The van der Waals surface area contributed by atoms with Crippen LogP contribution in [0.4, 0.5) is 0 Å². The Kier molecular flexibility index (Phi) is 7.52. The quantitative estimate of drug-likeness (QED) is 0.705. The van der Waals surface area contributed by atoms with Crippen LogP contribution in [0.25, 0.3) is 0 Å². The van der Waals surface area contributed by atoms with Gasteiger partial charge in [-0.15, -0.1) is 0 Å². The van der Waals surface area contributed by atoms with E-state index in [4.69, 9.17) is 9.47 Å². The van der Waals surface area contributed by atoms with Crippen molar-refractivity contribution in [3.8, 4) is 11.5 Å². The number of nitrogens with one attached hydrogen (secondary N) is 1. The summed E-state index contributed by atoms with van der Waals surface area (Å²) in [5, 5.41) is 3.33. The molecule has 5 heteroatoms. The van der Waals surface area contributed by atoms with Crippen molar-refractivity contribution >= 4 is 10.8 Å². The van der Waals surface area contributed by atoms with Crippen LogP contribution < -0.4 is 14.8 Å². The molecule has 0 aliphatic rings. The summed E-state index contributed by atoms with van der Waals surface area (Å²) in [6, 6.07) is 5.94. The van der Waals surface area contributed by atoms with Gasteiger partial charge in [0.15, 0.2) is 11.5 Å². The van der Waals surface area contributed by atoms with Gasteiger partial charge >= 0.3 is 0 Å². The molecule has 1 N–H and O–H groups in total. The van der Waals surface area contributed by atoms with Gasteiger partial charge in [0.25, 0.3) is 0 Å². The highest BCUT2D eigenvalue weighted by Crippen LogP contribution is 2.27. The largest absolute Gasteiger partial charge is 0.493 e. The van der Waals surface area contributed by atoms with Crippen molar-refractivity contribution in [2.24, 2.45) is 0 Å². The molecule has 1 atom stereocenters. The van der Waals surface area contributed by atoms with Gasteiger partial charge in [-0.05, 0) is 37.6 Å². The monoisotopic (exact) mass is 285 g/mol. The Balaban J connectivity index is 2.43. The van der Waals surface area contributed by atoms with E-state index < -0.39 is 10.8 Å². The van der Waals surface area contributed by atoms with Crippen LogP contribution in [0.3, 0.4) is 0 Å². The summed E-state index contributed by atoms with van der Waals surface area (Å²) in [7, 11) is 0.944. The molecule has 0 heterocycles. The number of hydrogen-bond acceptors (Lipinski definition) is 4. The Labute approximate surface area is 118 Å². The Morgan fingerprint density at radius 3 is 2.74 bits per heavy atom. The molecule has 0 saturated heterocycles. The van der Waals surface area contributed by atoms with E-state index in [1.54, 1.807) is 13.4 Å². The Morgan fingerprint density at radius 2 is 2.11 bits per heavy atom. The summed E-state index contributed by atoms with van der Waals surface area (Å²) in [5.74, 6) is 2.28. The van der Waals surface area contributed by atoms with Crippen molar-refractivity contribution in [2.45, 2.75) is 19.9 Å². The molecule has 0 radical (unpaired) electrons. The summed E-state index contributed by atoms with van der Waals surface area (Å²) in [6.07, 6.45) is 2.66. The van der Waals surface area contributed by atoms with Crippen LogP contribution in [0.2, 0.25) is 0 Å². The highest BCUT2D eigenvalue weighted by molar-refractivity contribution is 7.84. The average Bonchev–Trinajstić information content (AvgIpc) is 2.39. The normalized spacial score (nSPS) is 12.2. The Hall–Kier alpha value is -1.07. The summed E-state index contributed by atoms with van der Waals surface area (Å²) < 4.78 is 21.7. The predicted octanol–water partition coefficient (Wildman–Crippen LogP) is 1.95. The first-order valence-electron chi connectivity index (χ1n) is 6.47. The van der Waals surface area contributed by atoms with Crippen molar-refractivity contribution in [1.82, 2.24) is 5.32 Å². The standard InChI is InChI=1S/C14H23NO3S/c1-4-18-13-7-6-12(10-14(13)17-2)11-15-8-5-9-19(3)16/h6-7,10,15H,4-5,8-9,11H2,1-3H3. The second kappa shape index (κ2) is 8.93. The van der Waals surface area contributed by atoms with Crippen LogP contribution in [0.1, 0.15) is 18.9 Å². The Morgan fingerprint density at radius 1 is 1.32 bits per heavy atom. The molecular formula is C14H23NO3S. The third kappa shape index (κ3) is 6.07. The molecule has 0 spiro atoms. The lowest BCUT2D eigenvalue weighted by atomic mass is 10.2. The average molecular weight is 285 g/mol. The van der Waals surface area contributed by atoms with Crippen molar-refractivity contribution in [2.75, 3.05) is 32.3 Å². The van der Waals surface area contributed by atoms with Gasteiger partial charge < -0.3 is 14.8 Å². The molecule has 0 aliphatic heterocycles. The van der Waals surface area contributed by atoms with Gasteiger partial charge in [-0.25, -0.2) is 0 Å². The molecular weight excluding hydrogens is 262 g/mol. The molecule has 19 heavy (non-hydrogen) atoms. The molecule has 0 fully saturated rings. The minimum absolute atomic E-state index is 0.627. The zero-order valence-electron chi connectivity index (χ0n) is 11.9. The summed E-state index contributed by atoms with van der Waals surface area (Å²) in [5.41, 5.74) is 1.15. The smallest absolute Gasteiger partial charge is 0.161 e. The van der Waals surface area contributed by atoms with E-state index in [0.717, 1.165) is 42.3 Å². The number of rotatable bonds is 9. The van der Waals surface area contributed by atoms with Crippen molar-refractivity contribution in [1.29, 1.82) is 0 Å². The molecule has 0 aliphatic carbocycles. The lowest BCUT2D eigenvalue weighted by molar-refractivity contribution is 0.310. The summed E-state index contributed by atoms with van der Waals surface area (Å²) in [6.45, 7) is 4.23. The summed E-state index contributed by atoms with van der Waals surface area (Å²) >= 11 is 0. The van der Waals surface area contributed by atoms with Crippen molar-refractivity contribution in [3.05, 3.63) is 23.8 Å². The maximum atomic E-state index is 10.9. The van der Waals surface area contributed by atoms with Crippen molar-refractivity contribution < 1.29 is 13.7 Å². The van der Waals surface area contributed by atoms with Crippen LogP contribution in [-0.2, 0) is 17.3 Å². The van der Waals surface area contributed by atoms with Gasteiger partial charge in [0.05, 0.1) is 13.7 Å². The number of ether oxygens (including phenoxy) is 2. The van der Waals surface area contributed by atoms with Gasteiger partial charge in [-0.3, -0.25) is 4.21 Å². The minimum Gasteiger partial charge on any atom is -0.493 e. The molecule has 1 aromatic rings. The minimum atomic E-state index is -0.701. The zero-order chi connectivity index (χ0) is 14.1. The van der Waals surface area contributed by atoms with Crippen LogP contribution in [-0.4, -0.2) is 36.5 Å². The molecule has 0 saturated carbocycles. The first kappa shape index (κ1) is 16.0. The number of hydrogen-bond donors (Lipinski definition) is 1. The molecule has 1 unspecified atom stereocenters. The predicted molar refractivity (Wildman–Crippen MR) is 79.4 cm³/mol. The fourth-order valence-electron chi connectivity index (χ4n) is 1.73. The van der Waals surface area contributed by atoms with E-state index in [9.17, 15) is 4.21 Å². The molecule has 1 aromatic carbocycles. The van der Waals surface area contributed by atoms with E-state index in [0.29, 0.717) is 6.61 Å². The van der Waals surface area contributed by atoms with Gasteiger partial charge in [0.2, 0.25) is 0 Å². The van der Waals surface area contributed by atoms with E-state index in [1.807, 2.05) is 25.1 Å². The Bertz CT molecular complexity index is 410. The molecule has 4 nitrogen and oxygen atoms in total. The van der Waals surface area contributed by atoms with E-state index in [-0.39, 0.29) is 0 Å². The third-order valence-corrected chi connectivity index (χ3v) is 3.51. The van der Waals surface area contributed by atoms with E-state index in [1.165, 1.54) is 0 Å². The fraction of sp³-hybridized carbons (Fsp3) is 0.571. The van der Waals surface area contributed by atoms with Crippen LogP contribution in [0, 0.1) is 0 Å². The summed E-state index contributed by atoms with van der Waals surface area (Å²) in [4.78, 5) is 0. The molecule has 0 amide bonds. The first-order chi connectivity index (χ1) is 9.17. The van der Waals surface area contributed by atoms with Crippen molar-refractivity contribution in [3.63, 3.8) is 0 Å². The fourth-order valence-corrected chi connectivity index (χ4v) is 2.28. The lowest BCUT2D eigenvalue weighted by Gasteiger charge is -2.11. The molecule has 0 aromatic heterocycles. The van der Waals surface area contributed by atoms with Gasteiger partial charge in [0, 0.05) is 29.4 Å². The second-order valence-electron chi connectivity index (χ2n) is 4.23. The maximum Gasteiger partial charge on any atom is 0.161 e. The highest BCUT2D eigenvalue weighted by atomic mass is 32.2. The van der Waals surface area contributed by atoms with Gasteiger partial charge in [0.1, 0.15) is 0 Å². The van der Waals surface area contributed by atoms with Gasteiger partial charge in [-0.1, -0.05) is 6.07 Å². The highest BCUT2D eigenvalue weighted by Gasteiger charge is 2.04. The second-order valence-corrected chi connectivity index (χ2v) is 5.78. The van der Waals surface area contributed by atoms with Crippen LogP contribution >= 0.6 is 0 Å². The molecule has 108 valence electrons. The topological polar surface area (TPSA) is 47.6 Å². The maximum absolute atomic E-state index is 10.9. The van der Waals surface area contributed by atoms with Gasteiger partial charge in [-0.2, -0.15) is 0 Å². The zero-order valence-corrected chi connectivity index (χ0v) is 12.7. The number of benzene rings is 1. The van der Waals surface area contributed by atoms with E-state index in [2.05, 4.69) is 5.32 Å².